The number of fused-ring (bicyclic) bond motifs is 1. The van der Waals surface area contributed by atoms with Crippen molar-refractivity contribution < 1.29 is 19.0 Å². The number of carbonyl (C=O) groups is 1. The van der Waals surface area contributed by atoms with E-state index in [0.717, 1.165) is 25.0 Å². The van der Waals surface area contributed by atoms with E-state index in [0.29, 0.717) is 32.9 Å². The van der Waals surface area contributed by atoms with Crippen molar-refractivity contribution in [1.82, 2.24) is 10.2 Å². The highest BCUT2D eigenvalue weighted by Crippen LogP contribution is 2.26. The van der Waals surface area contributed by atoms with E-state index in [1.165, 1.54) is 11.1 Å². The summed E-state index contributed by atoms with van der Waals surface area (Å²) in [6.07, 6.45) is 2.39. The SMILES string of the molecule is CCO[C@H]1COCC[C@H]1NC(=O)N1CCc2cccc(OC)c2CC1. The number of urea groups is 1. The average molecular weight is 348 g/mol. The highest BCUT2D eigenvalue weighted by atomic mass is 16.5. The number of carbonyl (C=O) groups excluding carboxylic acids is 1. The quantitative estimate of drug-likeness (QED) is 0.904. The first-order chi connectivity index (χ1) is 12.2. The molecule has 2 amide bonds. The van der Waals surface area contributed by atoms with Crippen LogP contribution in [-0.2, 0) is 22.3 Å². The molecule has 6 heteroatoms. The molecule has 0 radical (unpaired) electrons. The molecule has 25 heavy (non-hydrogen) atoms. The zero-order valence-corrected chi connectivity index (χ0v) is 15.1. The highest BCUT2D eigenvalue weighted by molar-refractivity contribution is 5.74. The van der Waals surface area contributed by atoms with Crippen molar-refractivity contribution in [2.24, 2.45) is 0 Å². The number of amides is 2. The minimum atomic E-state index is -0.0630. The molecule has 2 aliphatic heterocycles. The zero-order valence-electron chi connectivity index (χ0n) is 15.1. The lowest BCUT2D eigenvalue weighted by Gasteiger charge is -2.33. The van der Waals surface area contributed by atoms with E-state index in [1.807, 2.05) is 24.0 Å². The number of benzene rings is 1. The smallest absolute Gasteiger partial charge is 0.317 e. The number of ether oxygens (including phenoxy) is 3. The molecule has 0 spiro atoms. The number of hydrogen-bond acceptors (Lipinski definition) is 4. The second kappa shape index (κ2) is 8.54. The summed E-state index contributed by atoms with van der Waals surface area (Å²) in [4.78, 5) is 14.7. The van der Waals surface area contributed by atoms with Gasteiger partial charge in [0, 0.05) is 26.3 Å². The molecule has 2 aliphatic rings. The Hall–Kier alpha value is -1.79. The van der Waals surface area contributed by atoms with Crippen molar-refractivity contribution in [1.29, 1.82) is 0 Å². The van der Waals surface area contributed by atoms with Crippen molar-refractivity contribution in [2.75, 3.05) is 40.0 Å². The van der Waals surface area contributed by atoms with Crippen LogP contribution >= 0.6 is 0 Å². The Morgan fingerprint density at radius 2 is 2.20 bits per heavy atom. The lowest BCUT2D eigenvalue weighted by atomic mass is 10.0. The van der Waals surface area contributed by atoms with Crippen molar-refractivity contribution in [3.05, 3.63) is 29.3 Å². The molecule has 1 saturated heterocycles. The summed E-state index contributed by atoms with van der Waals surface area (Å²) in [5.74, 6) is 0.917. The zero-order chi connectivity index (χ0) is 17.6. The Morgan fingerprint density at radius 1 is 1.36 bits per heavy atom. The molecule has 1 N–H and O–H groups in total. The van der Waals surface area contributed by atoms with E-state index in [9.17, 15) is 4.79 Å². The maximum atomic E-state index is 12.8. The number of nitrogens with one attached hydrogen (secondary N) is 1. The summed E-state index contributed by atoms with van der Waals surface area (Å²) in [7, 11) is 1.70. The van der Waals surface area contributed by atoms with Crippen LogP contribution in [0.25, 0.3) is 0 Å². The van der Waals surface area contributed by atoms with Gasteiger partial charge in [0.15, 0.2) is 0 Å². The Kier molecular flexibility index (Phi) is 6.15. The molecule has 0 bridgehead atoms. The molecule has 2 atom stereocenters. The van der Waals surface area contributed by atoms with Gasteiger partial charge in [0.2, 0.25) is 0 Å². The fourth-order valence-electron chi connectivity index (χ4n) is 3.64. The second-order valence-electron chi connectivity index (χ2n) is 6.50. The summed E-state index contributed by atoms with van der Waals surface area (Å²) >= 11 is 0. The molecular weight excluding hydrogens is 320 g/mol. The Labute approximate surface area is 149 Å². The van der Waals surface area contributed by atoms with Crippen LogP contribution in [-0.4, -0.2) is 63.1 Å². The van der Waals surface area contributed by atoms with E-state index >= 15 is 0 Å². The number of nitrogens with zero attached hydrogens (tertiary/aromatic N) is 1. The minimum absolute atomic E-state index is 0.0108. The van der Waals surface area contributed by atoms with Gasteiger partial charge in [0.1, 0.15) is 11.9 Å². The Balaban J connectivity index is 1.62. The first-order valence-corrected chi connectivity index (χ1v) is 9.12. The third-order valence-electron chi connectivity index (χ3n) is 5.01. The summed E-state index contributed by atoms with van der Waals surface area (Å²) in [5, 5.41) is 3.16. The molecule has 0 unspecified atom stereocenters. The van der Waals surface area contributed by atoms with E-state index in [2.05, 4.69) is 11.4 Å². The summed E-state index contributed by atoms with van der Waals surface area (Å²) in [6, 6.07) is 6.14. The van der Waals surface area contributed by atoms with Crippen molar-refractivity contribution in [3.63, 3.8) is 0 Å². The van der Waals surface area contributed by atoms with Crippen LogP contribution in [0.1, 0.15) is 24.5 Å². The fourth-order valence-corrected chi connectivity index (χ4v) is 3.64. The van der Waals surface area contributed by atoms with Gasteiger partial charge in [0.25, 0.3) is 0 Å². The highest BCUT2D eigenvalue weighted by Gasteiger charge is 2.29. The minimum Gasteiger partial charge on any atom is -0.496 e. The monoisotopic (exact) mass is 348 g/mol. The Bertz CT molecular complexity index is 591. The predicted molar refractivity (Wildman–Crippen MR) is 95.1 cm³/mol. The number of hydrogen-bond donors (Lipinski definition) is 1. The fraction of sp³-hybridized carbons (Fsp3) is 0.632. The van der Waals surface area contributed by atoms with Gasteiger partial charge in [-0.15, -0.1) is 0 Å². The molecule has 1 fully saturated rings. The van der Waals surface area contributed by atoms with Crippen molar-refractivity contribution >= 4 is 6.03 Å². The first kappa shape index (κ1) is 18.0. The van der Waals surface area contributed by atoms with Crippen LogP contribution in [0.15, 0.2) is 18.2 Å². The normalized spacial score (nSPS) is 23.5. The molecule has 0 aromatic heterocycles. The van der Waals surface area contributed by atoms with Crippen LogP contribution in [0.4, 0.5) is 4.79 Å². The van der Waals surface area contributed by atoms with E-state index in [-0.39, 0.29) is 18.2 Å². The number of methoxy groups -OCH3 is 1. The van der Waals surface area contributed by atoms with Crippen LogP contribution in [0.5, 0.6) is 5.75 Å². The van der Waals surface area contributed by atoms with E-state index in [4.69, 9.17) is 14.2 Å². The third kappa shape index (κ3) is 4.25. The van der Waals surface area contributed by atoms with Gasteiger partial charge in [-0.25, -0.2) is 4.79 Å². The maximum Gasteiger partial charge on any atom is 0.317 e. The lowest BCUT2D eigenvalue weighted by Crippen LogP contribution is -2.54. The van der Waals surface area contributed by atoms with Gasteiger partial charge in [0.05, 0.1) is 19.8 Å². The summed E-state index contributed by atoms with van der Waals surface area (Å²) in [6.45, 7) is 5.21. The largest absolute Gasteiger partial charge is 0.496 e. The average Bonchev–Trinajstić information content (AvgIpc) is 2.86. The van der Waals surface area contributed by atoms with Crippen molar-refractivity contribution in [3.8, 4) is 5.75 Å². The van der Waals surface area contributed by atoms with Crippen LogP contribution in [0.2, 0.25) is 0 Å². The molecule has 138 valence electrons. The summed E-state index contributed by atoms with van der Waals surface area (Å²) in [5.41, 5.74) is 2.49. The molecule has 1 aromatic carbocycles. The second-order valence-corrected chi connectivity index (χ2v) is 6.50. The molecule has 3 rings (SSSR count). The molecule has 1 aromatic rings. The first-order valence-electron chi connectivity index (χ1n) is 9.12. The van der Waals surface area contributed by atoms with Crippen LogP contribution < -0.4 is 10.1 Å². The predicted octanol–water partition coefficient (Wildman–Crippen LogP) is 2.00. The number of rotatable bonds is 4. The lowest BCUT2D eigenvalue weighted by molar-refractivity contribution is -0.0632. The van der Waals surface area contributed by atoms with Gasteiger partial charge >= 0.3 is 6.03 Å². The molecule has 0 aliphatic carbocycles. The molecule has 6 nitrogen and oxygen atoms in total. The van der Waals surface area contributed by atoms with Gasteiger partial charge in [-0.2, -0.15) is 0 Å². The van der Waals surface area contributed by atoms with Crippen LogP contribution in [0.3, 0.4) is 0 Å². The topological polar surface area (TPSA) is 60.0 Å². The van der Waals surface area contributed by atoms with E-state index < -0.39 is 0 Å². The Morgan fingerprint density at radius 3 is 3.00 bits per heavy atom. The standard InChI is InChI=1S/C19H28N2O4/c1-3-25-18-13-24-12-9-16(18)20-19(22)21-10-7-14-5-4-6-17(23-2)15(14)8-11-21/h4-6,16,18H,3,7-13H2,1-2H3,(H,20,22)/t16-,18+/m1/s1. The summed E-state index contributed by atoms with van der Waals surface area (Å²) < 4.78 is 16.7. The van der Waals surface area contributed by atoms with Gasteiger partial charge < -0.3 is 24.4 Å². The maximum absolute atomic E-state index is 12.8. The molecule has 2 heterocycles. The molecule has 0 saturated carbocycles. The van der Waals surface area contributed by atoms with Gasteiger partial charge in [-0.1, -0.05) is 12.1 Å². The van der Waals surface area contributed by atoms with Gasteiger partial charge in [-0.05, 0) is 43.4 Å². The van der Waals surface area contributed by atoms with E-state index in [1.54, 1.807) is 7.11 Å². The molecular formula is C19H28N2O4. The van der Waals surface area contributed by atoms with Crippen molar-refractivity contribution in [2.45, 2.75) is 38.3 Å². The van der Waals surface area contributed by atoms with Crippen LogP contribution in [0, 0.1) is 0 Å². The third-order valence-corrected chi connectivity index (χ3v) is 5.01. The van der Waals surface area contributed by atoms with Gasteiger partial charge in [-0.3, -0.25) is 0 Å².